The predicted octanol–water partition coefficient (Wildman–Crippen LogP) is 3.64. The van der Waals surface area contributed by atoms with E-state index in [0.717, 1.165) is 53.7 Å². The fraction of sp³-hybridized carbons (Fsp3) is 0.500. The number of nitrogens with zero attached hydrogens (tertiary/aromatic N) is 5. The van der Waals surface area contributed by atoms with E-state index in [4.69, 9.17) is 0 Å². The summed E-state index contributed by atoms with van der Waals surface area (Å²) >= 11 is 0. The fourth-order valence-electron chi connectivity index (χ4n) is 4.61. The third-order valence-electron chi connectivity index (χ3n) is 5.90. The summed E-state index contributed by atoms with van der Waals surface area (Å²) in [6.45, 7) is 3.77. The lowest BCUT2D eigenvalue weighted by atomic mass is 10.1. The summed E-state index contributed by atoms with van der Waals surface area (Å²) in [5.74, 6) is 1.11. The Morgan fingerprint density at radius 2 is 1.85 bits per heavy atom. The number of fused-ring (bicyclic) bond motifs is 3. The highest BCUT2D eigenvalue weighted by atomic mass is 16.2. The van der Waals surface area contributed by atoms with Crippen LogP contribution in [-0.4, -0.2) is 43.6 Å². The third-order valence-corrected chi connectivity index (χ3v) is 5.90. The molecular weight excluding hydrogens is 326 g/mol. The first-order chi connectivity index (χ1) is 12.7. The number of hydrogen-bond donors (Lipinski definition) is 0. The zero-order chi connectivity index (χ0) is 17.7. The SMILES string of the molecule is Cc1nc2nnc3ccc(C(=O)N4CCCC4)cc3c2n1C1CCCC1. The van der Waals surface area contributed by atoms with Crippen molar-refractivity contribution in [1.29, 1.82) is 0 Å². The molecule has 1 saturated heterocycles. The van der Waals surface area contributed by atoms with Crippen molar-refractivity contribution >= 4 is 28.0 Å². The Morgan fingerprint density at radius 3 is 2.62 bits per heavy atom. The van der Waals surface area contributed by atoms with Crippen molar-refractivity contribution in [2.45, 2.75) is 51.5 Å². The molecule has 2 fully saturated rings. The lowest BCUT2D eigenvalue weighted by molar-refractivity contribution is 0.0793. The zero-order valence-corrected chi connectivity index (χ0v) is 15.1. The molecule has 3 aromatic rings. The number of benzene rings is 1. The molecule has 0 bridgehead atoms. The highest BCUT2D eigenvalue weighted by Crippen LogP contribution is 2.35. The van der Waals surface area contributed by atoms with Gasteiger partial charge in [0.15, 0.2) is 0 Å². The molecule has 6 heteroatoms. The van der Waals surface area contributed by atoms with E-state index < -0.39 is 0 Å². The zero-order valence-electron chi connectivity index (χ0n) is 15.1. The monoisotopic (exact) mass is 349 g/mol. The van der Waals surface area contributed by atoms with Crippen molar-refractivity contribution in [1.82, 2.24) is 24.6 Å². The molecule has 5 rings (SSSR count). The van der Waals surface area contributed by atoms with E-state index in [0.29, 0.717) is 11.7 Å². The molecule has 1 aliphatic carbocycles. The summed E-state index contributed by atoms with van der Waals surface area (Å²) in [6.07, 6.45) is 7.09. The molecule has 1 saturated carbocycles. The molecule has 2 aromatic heterocycles. The minimum absolute atomic E-state index is 0.123. The Hall–Kier alpha value is -2.50. The average molecular weight is 349 g/mol. The molecule has 3 heterocycles. The standard InChI is InChI=1S/C20H23N5O/c1-13-21-19-18(25(13)15-6-2-3-7-15)16-12-14(8-9-17(16)22-23-19)20(26)24-10-4-5-11-24/h8-9,12,15H,2-7,10-11H2,1H3. The van der Waals surface area contributed by atoms with Gasteiger partial charge in [-0.05, 0) is 50.8 Å². The van der Waals surface area contributed by atoms with E-state index in [1.54, 1.807) is 0 Å². The molecule has 0 radical (unpaired) electrons. The van der Waals surface area contributed by atoms with Crippen LogP contribution in [0.25, 0.3) is 22.1 Å². The van der Waals surface area contributed by atoms with E-state index >= 15 is 0 Å². The van der Waals surface area contributed by atoms with Gasteiger partial charge in [0.05, 0.1) is 11.0 Å². The first-order valence-electron chi connectivity index (χ1n) is 9.66. The maximum absolute atomic E-state index is 12.8. The lowest BCUT2D eigenvalue weighted by Crippen LogP contribution is -2.27. The number of carbonyl (C=O) groups is 1. The van der Waals surface area contributed by atoms with Gasteiger partial charge in [-0.25, -0.2) is 4.98 Å². The van der Waals surface area contributed by atoms with Gasteiger partial charge < -0.3 is 9.47 Å². The molecule has 1 amide bonds. The molecule has 2 aliphatic rings. The van der Waals surface area contributed by atoms with Crippen LogP contribution in [0.1, 0.15) is 60.7 Å². The van der Waals surface area contributed by atoms with Crippen molar-refractivity contribution in [3.05, 3.63) is 29.6 Å². The molecule has 0 atom stereocenters. The van der Waals surface area contributed by atoms with Crippen molar-refractivity contribution < 1.29 is 4.79 Å². The smallest absolute Gasteiger partial charge is 0.253 e. The number of amides is 1. The molecule has 26 heavy (non-hydrogen) atoms. The largest absolute Gasteiger partial charge is 0.339 e. The Kier molecular flexibility index (Phi) is 3.65. The van der Waals surface area contributed by atoms with Gasteiger partial charge in [-0.15, -0.1) is 10.2 Å². The first-order valence-corrected chi connectivity index (χ1v) is 9.66. The van der Waals surface area contributed by atoms with Crippen LogP contribution in [0.15, 0.2) is 18.2 Å². The van der Waals surface area contributed by atoms with Gasteiger partial charge in [-0.3, -0.25) is 4.79 Å². The Bertz CT molecular complexity index is 996. The van der Waals surface area contributed by atoms with Crippen molar-refractivity contribution in [3.8, 4) is 0 Å². The topological polar surface area (TPSA) is 63.9 Å². The van der Waals surface area contributed by atoms with Crippen molar-refractivity contribution in [3.63, 3.8) is 0 Å². The Balaban J connectivity index is 1.70. The molecule has 0 unspecified atom stereocenters. The maximum atomic E-state index is 12.8. The second-order valence-electron chi connectivity index (χ2n) is 7.57. The lowest BCUT2D eigenvalue weighted by Gasteiger charge is -2.17. The maximum Gasteiger partial charge on any atom is 0.253 e. The number of imidazole rings is 1. The van der Waals surface area contributed by atoms with E-state index in [2.05, 4.69) is 19.7 Å². The van der Waals surface area contributed by atoms with Gasteiger partial charge in [0.2, 0.25) is 5.65 Å². The van der Waals surface area contributed by atoms with Crippen LogP contribution in [0.4, 0.5) is 0 Å². The Morgan fingerprint density at radius 1 is 1.08 bits per heavy atom. The summed E-state index contributed by atoms with van der Waals surface area (Å²) in [6, 6.07) is 6.28. The molecule has 1 aromatic carbocycles. The minimum atomic E-state index is 0.123. The van der Waals surface area contributed by atoms with E-state index in [1.165, 1.54) is 25.7 Å². The predicted molar refractivity (Wildman–Crippen MR) is 100 cm³/mol. The summed E-state index contributed by atoms with van der Waals surface area (Å²) in [5.41, 5.74) is 3.29. The van der Waals surface area contributed by atoms with Crippen LogP contribution in [-0.2, 0) is 0 Å². The van der Waals surface area contributed by atoms with Crippen LogP contribution in [0.5, 0.6) is 0 Å². The molecule has 6 nitrogen and oxygen atoms in total. The summed E-state index contributed by atoms with van der Waals surface area (Å²) < 4.78 is 2.34. The fourth-order valence-corrected chi connectivity index (χ4v) is 4.61. The van der Waals surface area contributed by atoms with E-state index in [-0.39, 0.29) is 5.91 Å². The van der Waals surface area contributed by atoms with Gasteiger partial charge in [0, 0.05) is 30.1 Å². The molecular formula is C20H23N5O. The van der Waals surface area contributed by atoms with Crippen LogP contribution in [0.2, 0.25) is 0 Å². The van der Waals surface area contributed by atoms with Crippen LogP contribution >= 0.6 is 0 Å². The van der Waals surface area contributed by atoms with E-state index in [9.17, 15) is 4.79 Å². The van der Waals surface area contributed by atoms with Gasteiger partial charge in [0.25, 0.3) is 5.91 Å². The molecule has 0 N–H and O–H groups in total. The summed E-state index contributed by atoms with van der Waals surface area (Å²) in [7, 11) is 0. The second kappa shape index (κ2) is 6.04. The second-order valence-corrected chi connectivity index (χ2v) is 7.57. The van der Waals surface area contributed by atoms with Gasteiger partial charge in [-0.2, -0.15) is 0 Å². The van der Waals surface area contributed by atoms with Crippen molar-refractivity contribution in [2.24, 2.45) is 0 Å². The molecule has 0 spiro atoms. The van der Waals surface area contributed by atoms with Gasteiger partial charge in [-0.1, -0.05) is 12.8 Å². The quantitative estimate of drug-likeness (QED) is 0.708. The van der Waals surface area contributed by atoms with Gasteiger partial charge >= 0.3 is 0 Å². The first kappa shape index (κ1) is 15.7. The number of carbonyl (C=O) groups excluding carboxylic acids is 1. The summed E-state index contributed by atoms with van der Waals surface area (Å²) in [4.78, 5) is 19.4. The highest BCUT2D eigenvalue weighted by Gasteiger charge is 2.24. The average Bonchev–Trinajstić information content (AvgIpc) is 3.40. The highest BCUT2D eigenvalue weighted by molar-refractivity contribution is 6.05. The molecule has 134 valence electrons. The van der Waals surface area contributed by atoms with Crippen LogP contribution in [0, 0.1) is 6.92 Å². The minimum Gasteiger partial charge on any atom is -0.339 e. The normalized spacial score (nSPS) is 18.4. The third kappa shape index (κ3) is 2.39. The number of hydrogen-bond acceptors (Lipinski definition) is 4. The summed E-state index contributed by atoms with van der Waals surface area (Å²) in [5, 5.41) is 9.67. The number of aromatic nitrogens is 4. The molecule has 1 aliphatic heterocycles. The van der Waals surface area contributed by atoms with Crippen molar-refractivity contribution in [2.75, 3.05) is 13.1 Å². The number of rotatable bonds is 2. The van der Waals surface area contributed by atoms with Crippen LogP contribution < -0.4 is 0 Å². The Labute approximate surface area is 152 Å². The number of aryl methyl sites for hydroxylation is 1. The van der Waals surface area contributed by atoms with Gasteiger partial charge in [0.1, 0.15) is 5.82 Å². The number of likely N-dealkylation sites (tertiary alicyclic amines) is 1. The van der Waals surface area contributed by atoms with Crippen LogP contribution in [0.3, 0.4) is 0 Å². The van der Waals surface area contributed by atoms with E-state index in [1.807, 2.05) is 30.0 Å².